The van der Waals surface area contributed by atoms with E-state index >= 15 is 0 Å². The number of ether oxygens (including phenoxy) is 1. The smallest absolute Gasteiger partial charge is 0.316 e. The minimum Gasteiger partial charge on any atom is -0.463 e. The zero-order chi connectivity index (χ0) is 11.2. The van der Waals surface area contributed by atoms with Gasteiger partial charge >= 0.3 is 6.01 Å². The maximum atomic E-state index is 5.53. The molecular formula is C12H19N3O. The third-order valence-corrected chi connectivity index (χ3v) is 2.88. The summed E-state index contributed by atoms with van der Waals surface area (Å²) in [5.41, 5.74) is 0.945. The molecule has 16 heavy (non-hydrogen) atoms. The highest BCUT2D eigenvalue weighted by Crippen LogP contribution is 2.10. The Morgan fingerprint density at radius 3 is 3.19 bits per heavy atom. The molecule has 0 aromatic carbocycles. The van der Waals surface area contributed by atoms with Gasteiger partial charge in [-0.3, -0.25) is 0 Å². The van der Waals surface area contributed by atoms with Crippen LogP contribution in [-0.2, 0) is 0 Å². The van der Waals surface area contributed by atoms with E-state index in [0.29, 0.717) is 18.7 Å². The van der Waals surface area contributed by atoms with E-state index in [-0.39, 0.29) is 0 Å². The summed E-state index contributed by atoms with van der Waals surface area (Å²) in [6, 6.07) is 2.98. The van der Waals surface area contributed by atoms with Crippen LogP contribution >= 0.6 is 0 Å². The Morgan fingerprint density at radius 1 is 1.50 bits per heavy atom. The Kier molecular flexibility index (Phi) is 4.10. The van der Waals surface area contributed by atoms with Crippen molar-refractivity contribution < 1.29 is 4.74 Å². The van der Waals surface area contributed by atoms with Gasteiger partial charge in [0, 0.05) is 17.9 Å². The predicted molar refractivity (Wildman–Crippen MR) is 62.5 cm³/mol. The lowest BCUT2D eigenvalue weighted by atomic mass is 10.0. The molecule has 2 rings (SSSR count). The molecule has 0 amide bonds. The first kappa shape index (κ1) is 11.3. The first-order valence-electron chi connectivity index (χ1n) is 6.00. The van der Waals surface area contributed by atoms with Gasteiger partial charge < -0.3 is 10.1 Å². The highest BCUT2D eigenvalue weighted by molar-refractivity contribution is 5.02. The summed E-state index contributed by atoms with van der Waals surface area (Å²) < 4.78 is 5.53. The van der Waals surface area contributed by atoms with E-state index in [0.717, 1.165) is 18.7 Å². The number of rotatable bonds is 4. The highest BCUT2D eigenvalue weighted by Gasteiger charge is 2.12. The number of piperidine rings is 1. The number of nitrogens with one attached hydrogen (secondary N) is 1. The SMILES string of the molecule is Cc1ccnc(OCC[C@H]2CCCCN2)n1. The molecule has 0 bridgehead atoms. The summed E-state index contributed by atoms with van der Waals surface area (Å²) in [6.45, 7) is 3.78. The first-order chi connectivity index (χ1) is 7.84. The number of nitrogens with zero attached hydrogens (tertiary/aromatic N) is 2. The average Bonchev–Trinajstić information content (AvgIpc) is 2.30. The molecule has 4 nitrogen and oxygen atoms in total. The zero-order valence-electron chi connectivity index (χ0n) is 9.78. The van der Waals surface area contributed by atoms with Gasteiger partial charge in [-0.25, -0.2) is 9.97 Å². The van der Waals surface area contributed by atoms with Crippen molar-refractivity contribution in [3.8, 4) is 6.01 Å². The molecule has 1 aromatic heterocycles. The number of hydrogen-bond donors (Lipinski definition) is 1. The fourth-order valence-corrected chi connectivity index (χ4v) is 1.96. The van der Waals surface area contributed by atoms with Gasteiger partial charge in [0.15, 0.2) is 0 Å². The summed E-state index contributed by atoms with van der Waals surface area (Å²) in [6.07, 6.45) is 6.67. The van der Waals surface area contributed by atoms with Gasteiger partial charge in [0.05, 0.1) is 6.61 Å². The van der Waals surface area contributed by atoms with Gasteiger partial charge in [-0.05, 0) is 38.8 Å². The summed E-state index contributed by atoms with van der Waals surface area (Å²) in [7, 11) is 0. The standard InChI is InChI=1S/C12H19N3O/c1-10-5-8-14-12(15-10)16-9-6-11-4-2-3-7-13-11/h5,8,11,13H,2-4,6-7,9H2,1H3/t11-/m1/s1. The van der Waals surface area contributed by atoms with E-state index in [1.165, 1.54) is 19.3 Å². The fraction of sp³-hybridized carbons (Fsp3) is 0.667. The second-order valence-electron chi connectivity index (χ2n) is 4.26. The molecule has 0 radical (unpaired) electrons. The molecule has 1 aliphatic heterocycles. The molecule has 1 N–H and O–H groups in total. The van der Waals surface area contributed by atoms with E-state index in [2.05, 4.69) is 15.3 Å². The Labute approximate surface area is 96.4 Å². The van der Waals surface area contributed by atoms with E-state index in [1.54, 1.807) is 6.20 Å². The monoisotopic (exact) mass is 221 g/mol. The molecule has 1 aliphatic rings. The molecule has 0 spiro atoms. The van der Waals surface area contributed by atoms with Crippen LogP contribution in [0.3, 0.4) is 0 Å². The van der Waals surface area contributed by atoms with Crippen LogP contribution < -0.4 is 10.1 Å². The topological polar surface area (TPSA) is 47.0 Å². The maximum absolute atomic E-state index is 5.53. The predicted octanol–water partition coefficient (Wildman–Crippen LogP) is 1.70. The van der Waals surface area contributed by atoms with Crippen LogP contribution in [-0.4, -0.2) is 29.2 Å². The van der Waals surface area contributed by atoms with Crippen LogP contribution in [0, 0.1) is 6.92 Å². The van der Waals surface area contributed by atoms with Crippen LogP contribution in [0.25, 0.3) is 0 Å². The highest BCUT2D eigenvalue weighted by atomic mass is 16.5. The lowest BCUT2D eigenvalue weighted by molar-refractivity contribution is 0.251. The van der Waals surface area contributed by atoms with E-state index in [1.807, 2.05) is 13.0 Å². The fourth-order valence-electron chi connectivity index (χ4n) is 1.96. The number of aryl methyl sites for hydroxylation is 1. The molecule has 1 aromatic rings. The van der Waals surface area contributed by atoms with Crippen LogP contribution in [0.15, 0.2) is 12.3 Å². The van der Waals surface area contributed by atoms with Crippen LogP contribution in [0.2, 0.25) is 0 Å². The molecule has 4 heteroatoms. The van der Waals surface area contributed by atoms with Crippen molar-refractivity contribution in [1.82, 2.24) is 15.3 Å². The molecular weight excluding hydrogens is 202 g/mol. The molecule has 2 heterocycles. The number of aromatic nitrogens is 2. The summed E-state index contributed by atoms with van der Waals surface area (Å²) >= 11 is 0. The van der Waals surface area contributed by atoms with Gasteiger partial charge in [-0.1, -0.05) is 6.42 Å². The molecule has 1 saturated heterocycles. The molecule has 0 aliphatic carbocycles. The Bertz CT molecular complexity index is 324. The Morgan fingerprint density at radius 2 is 2.44 bits per heavy atom. The van der Waals surface area contributed by atoms with Crippen molar-refractivity contribution in [3.63, 3.8) is 0 Å². The van der Waals surface area contributed by atoms with Crippen molar-refractivity contribution in [1.29, 1.82) is 0 Å². The lowest BCUT2D eigenvalue weighted by Gasteiger charge is -2.22. The third-order valence-electron chi connectivity index (χ3n) is 2.88. The molecule has 1 atom stereocenters. The van der Waals surface area contributed by atoms with Gasteiger partial charge in [0.2, 0.25) is 0 Å². The summed E-state index contributed by atoms with van der Waals surface area (Å²) in [5, 5.41) is 3.50. The van der Waals surface area contributed by atoms with Crippen LogP contribution in [0.5, 0.6) is 6.01 Å². The van der Waals surface area contributed by atoms with Crippen LogP contribution in [0.4, 0.5) is 0 Å². The van der Waals surface area contributed by atoms with Crippen molar-refractivity contribution in [2.24, 2.45) is 0 Å². The summed E-state index contributed by atoms with van der Waals surface area (Å²) in [4.78, 5) is 8.27. The first-order valence-corrected chi connectivity index (χ1v) is 6.00. The lowest BCUT2D eigenvalue weighted by Crippen LogP contribution is -2.35. The summed E-state index contributed by atoms with van der Waals surface area (Å²) in [5.74, 6) is 0. The largest absolute Gasteiger partial charge is 0.463 e. The van der Waals surface area contributed by atoms with Crippen molar-refractivity contribution in [3.05, 3.63) is 18.0 Å². The molecule has 88 valence electrons. The van der Waals surface area contributed by atoms with Gasteiger partial charge in [-0.2, -0.15) is 0 Å². The van der Waals surface area contributed by atoms with Crippen molar-refractivity contribution >= 4 is 0 Å². The third kappa shape index (κ3) is 3.45. The van der Waals surface area contributed by atoms with Gasteiger partial charge in [0.1, 0.15) is 0 Å². The normalized spacial score (nSPS) is 20.7. The van der Waals surface area contributed by atoms with Crippen LogP contribution in [0.1, 0.15) is 31.4 Å². The second kappa shape index (κ2) is 5.80. The number of hydrogen-bond acceptors (Lipinski definition) is 4. The minimum atomic E-state index is 0.496. The quantitative estimate of drug-likeness (QED) is 0.840. The minimum absolute atomic E-state index is 0.496. The van der Waals surface area contributed by atoms with E-state index in [4.69, 9.17) is 4.74 Å². The molecule has 0 saturated carbocycles. The van der Waals surface area contributed by atoms with Crippen molar-refractivity contribution in [2.45, 2.75) is 38.6 Å². The van der Waals surface area contributed by atoms with Gasteiger partial charge in [0.25, 0.3) is 0 Å². The Hall–Kier alpha value is -1.16. The maximum Gasteiger partial charge on any atom is 0.316 e. The molecule has 0 unspecified atom stereocenters. The Balaban J connectivity index is 1.71. The van der Waals surface area contributed by atoms with Gasteiger partial charge in [-0.15, -0.1) is 0 Å². The van der Waals surface area contributed by atoms with E-state index < -0.39 is 0 Å². The molecule has 1 fully saturated rings. The zero-order valence-corrected chi connectivity index (χ0v) is 9.78. The second-order valence-corrected chi connectivity index (χ2v) is 4.26. The van der Waals surface area contributed by atoms with Crippen molar-refractivity contribution in [2.75, 3.05) is 13.2 Å². The van der Waals surface area contributed by atoms with E-state index in [9.17, 15) is 0 Å². The average molecular weight is 221 g/mol.